The van der Waals surface area contributed by atoms with Crippen molar-refractivity contribution in [1.82, 2.24) is 0 Å². The molecule has 8 heteroatoms. The monoisotopic (exact) mass is 455 g/mol. The highest BCUT2D eigenvalue weighted by molar-refractivity contribution is 6.34. The van der Waals surface area contributed by atoms with Crippen LogP contribution in [0.15, 0.2) is 60.7 Å². The van der Waals surface area contributed by atoms with Crippen molar-refractivity contribution in [1.29, 1.82) is 0 Å². The Hall–Kier alpha value is -3.58. The van der Waals surface area contributed by atoms with Crippen LogP contribution < -0.4 is 19.5 Å². The zero-order chi connectivity index (χ0) is 22.5. The van der Waals surface area contributed by atoms with Gasteiger partial charge in [0.05, 0.1) is 23.9 Å². The van der Waals surface area contributed by atoms with Crippen LogP contribution >= 0.6 is 11.6 Å². The predicted octanol–water partition coefficient (Wildman–Crippen LogP) is 4.89. The molecular formula is C24H19ClFNO5. The highest BCUT2D eigenvalue weighted by atomic mass is 35.5. The van der Waals surface area contributed by atoms with Crippen molar-refractivity contribution in [3.8, 4) is 17.2 Å². The largest absolute Gasteiger partial charge is 0.490 e. The van der Waals surface area contributed by atoms with E-state index >= 15 is 0 Å². The molecule has 1 amide bonds. The predicted molar refractivity (Wildman–Crippen MR) is 117 cm³/mol. The molecule has 4 rings (SSSR count). The summed E-state index contributed by atoms with van der Waals surface area (Å²) in [6, 6.07) is 14.9. The lowest BCUT2D eigenvalue weighted by atomic mass is 10.0. The molecule has 1 aliphatic heterocycles. The third-order valence-corrected chi connectivity index (χ3v) is 5.02. The topological polar surface area (TPSA) is 73.9 Å². The highest BCUT2D eigenvalue weighted by Crippen LogP contribution is 2.37. The number of hydrogen-bond acceptors (Lipinski definition) is 5. The Morgan fingerprint density at radius 3 is 2.19 bits per heavy atom. The summed E-state index contributed by atoms with van der Waals surface area (Å²) < 4.78 is 29.7. The summed E-state index contributed by atoms with van der Waals surface area (Å²) in [6.45, 7) is 0.804. The molecular weight excluding hydrogens is 437 g/mol. The Morgan fingerprint density at radius 1 is 0.938 bits per heavy atom. The normalized spacial score (nSPS) is 12.6. The first-order valence-electron chi connectivity index (χ1n) is 9.92. The third-order valence-electron chi connectivity index (χ3n) is 4.70. The smallest absolute Gasteiger partial charge is 0.262 e. The van der Waals surface area contributed by atoms with Gasteiger partial charge in [-0.25, -0.2) is 4.39 Å². The molecule has 0 saturated carbocycles. The number of ketones is 1. The molecule has 0 bridgehead atoms. The zero-order valence-corrected chi connectivity index (χ0v) is 17.7. The average molecular weight is 456 g/mol. The summed E-state index contributed by atoms with van der Waals surface area (Å²) in [5, 5.41) is 3.02. The van der Waals surface area contributed by atoms with E-state index in [9.17, 15) is 14.0 Å². The minimum absolute atomic E-state index is 0.238. The van der Waals surface area contributed by atoms with E-state index in [4.69, 9.17) is 25.8 Å². The second-order valence-corrected chi connectivity index (χ2v) is 7.43. The van der Waals surface area contributed by atoms with Crippen molar-refractivity contribution >= 4 is 29.0 Å². The van der Waals surface area contributed by atoms with Crippen molar-refractivity contribution in [2.24, 2.45) is 0 Å². The number of carbonyl (C=O) groups excluding carboxylic acids is 2. The first-order chi connectivity index (χ1) is 15.5. The maximum absolute atomic E-state index is 13.0. The van der Waals surface area contributed by atoms with E-state index in [2.05, 4.69) is 5.32 Å². The van der Waals surface area contributed by atoms with E-state index in [0.29, 0.717) is 52.3 Å². The molecule has 1 N–H and O–H groups in total. The summed E-state index contributed by atoms with van der Waals surface area (Å²) in [6.07, 6.45) is 0.760. The molecule has 0 aromatic heterocycles. The molecule has 1 heterocycles. The number of benzene rings is 3. The number of halogens is 2. The lowest BCUT2D eigenvalue weighted by Gasteiger charge is -2.13. The standard InChI is InChI=1S/C24H19ClFNO5/c25-19-12-21-22(31-11-1-10-30-21)13-20(19)27-23(28)14-32-18-8-4-16(5-9-18)24(29)15-2-6-17(26)7-3-15/h2-9,12-13H,1,10-11,14H2,(H,27,28). The fourth-order valence-electron chi connectivity index (χ4n) is 3.09. The second-order valence-electron chi connectivity index (χ2n) is 7.03. The van der Waals surface area contributed by atoms with Gasteiger partial charge >= 0.3 is 0 Å². The minimum Gasteiger partial charge on any atom is -0.490 e. The van der Waals surface area contributed by atoms with Crippen LogP contribution in [0.2, 0.25) is 5.02 Å². The number of hydrogen-bond donors (Lipinski definition) is 1. The maximum atomic E-state index is 13.0. The highest BCUT2D eigenvalue weighted by Gasteiger charge is 2.16. The molecule has 0 aliphatic carbocycles. The fraction of sp³-hybridized carbons (Fsp3) is 0.167. The summed E-state index contributed by atoms with van der Waals surface area (Å²) in [4.78, 5) is 24.7. The van der Waals surface area contributed by atoms with E-state index in [1.807, 2.05) is 0 Å². The van der Waals surface area contributed by atoms with Crippen LogP contribution in [0.1, 0.15) is 22.3 Å². The van der Waals surface area contributed by atoms with Crippen LogP contribution in [-0.2, 0) is 4.79 Å². The van der Waals surface area contributed by atoms with Gasteiger partial charge in [0.1, 0.15) is 11.6 Å². The van der Waals surface area contributed by atoms with Gasteiger partial charge in [-0.15, -0.1) is 0 Å². The van der Waals surface area contributed by atoms with Crippen molar-refractivity contribution in [2.45, 2.75) is 6.42 Å². The zero-order valence-electron chi connectivity index (χ0n) is 16.9. The molecule has 1 aliphatic rings. The van der Waals surface area contributed by atoms with Gasteiger partial charge in [-0.3, -0.25) is 9.59 Å². The molecule has 0 fully saturated rings. The van der Waals surface area contributed by atoms with Gasteiger partial charge in [0.25, 0.3) is 5.91 Å². The molecule has 32 heavy (non-hydrogen) atoms. The van der Waals surface area contributed by atoms with Crippen LogP contribution in [0.3, 0.4) is 0 Å². The van der Waals surface area contributed by atoms with Gasteiger partial charge < -0.3 is 19.5 Å². The van der Waals surface area contributed by atoms with E-state index < -0.39 is 11.7 Å². The third kappa shape index (κ3) is 5.18. The lowest BCUT2D eigenvalue weighted by molar-refractivity contribution is -0.118. The first kappa shape index (κ1) is 21.6. The van der Waals surface area contributed by atoms with Gasteiger partial charge in [0, 0.05) is 29.7 Å². The number of carbonyl (C=O) groups is 2. The van der Waals surface area contributed by atoms with Crippen LogP contribution in [-0.4, -0.2) is 31.5 Å². The van der Waals surface area contributed by atoms with Gasteiger partial charge in [-0.2, -0.15) is 0 Å². The molecule has 6 nitrogen and oxygen atoms in total. The lowest BCUT2D eigenvalue weighted by Crippen LogP contribution is -2.20. The number of amides is 1. The Morgan fingerprint density at radius 2 is 1.53 bits per heavy atom. The molecule has 3 aromatic rings. The van der Waals surface area contributed by atoms with Crippen LogP contribution in [0.5, 0.6) is 17.2 Å². The molecule has 0 atom stereocenters. The Labute approximate surface area is 188 Å². The Bertz CT molecular complexity index is 1130. The SMILES string of the molecule is O=C(COc1ccc(C(=O)c2ccc(F)cc2)cc1)Nc1cc2c(cc1Cl)OCCCO2. The van der Waals surface area contributed by atoms with Crippen LogP contribution in [0.4, 0.5) is 10.1 Å². The van der Waals surface area contributed by atoms with E-state index in [1.165, 1.54) is 24.3 Å². The average Bonchev–Trinajstić information content (AvgIpc) is 3.03. The van der Waals surface area contributed by atoms with Gasteiger partial charge in [-0.1, -0.05) is 11.6 Å². The van der Waals surface area contributed by atoms with E-state index in [0.717, 1.165) is 6.42 Å². The van der Waals surface area contributed by atoms with Gasteiger partial charge in [0.2, 0.25) is 0 Å². The van der Waals surface area contributed by atoms with Gasteiger partial charge in [0.15, 0.2) is 23.9 Å². The minimum atomic E-state index is -0.409. The summed E-state index contributed by atoms with van der Waals surface area (Å²) in [5.74, 6) is 0.421. The molecule has 3 aromatic carbocycles. The number of anilines is 1. The second kappa shape index (κ2) is 9.70. The van der Waals surface area contributed by atoms with E-state index in [-0.39, 0.29) is 12.4 Å². The Balaban J connectivity index is 1.35. The number of nitrogens with one attached hydrogen (secondary N) is 1. The summed E-state index contributed by atoms with van der Waals surface area (Å²) in [5.41, 5.74) is 1.20. The quantitative estimate of drug-likeness (QED) is 0.536. The Kier molecular flexibility index (Phi) is 6.56. The van der Waals surface area contributed by atoms with Crippen molar-refractivity contribution < 1.29 is 28.2 Å². The summed E-state index contributed by atoms with van der Waals surface area (Å²) >= 11 is 6.24. The van der Waals surface area contributed by atoms with Crippen molar-refractivity contribution in [3.63, 3.8) is 0 Å². The van der Waals surface area contributed by atoms with Crippen LogP contribution in [0.25, 0.3) is 0 Å². The molecule has 164 valence electrons. The number of fused-ring (bicyclic) bond motifs is 1. The maximum Gasteiger partial charge on any atom is 0.262 e. The van der Waals surface area contributed by atoms with Crippen LogP contribution in [0, 0.1) is 5.82 Å². The molecule has 0 radical (unpaired) electrons. The summed E-state index contributed by atoms with van der Waals surface area (Å²) in [7, 11) is 0. The van der Waals surface area contributed by atoms with E-state index in [1.54, 1.807) is 36.4 Å². The van der Waals surface area contributed by atoms with Crippen molar-refractivity contribution in [2.75, 3.05) is 25.1 Å². The molecule has 0 spiro atoms. The first-order valence-corrected chi connectivity index (χ1v) is 10.3. The fourth-order valence-corrected chi connectivity index (χ4v) is 3.29. The van der Waals surface area contributed by atoms with Crippen molar-refractivity contribution in [3.05, 3.63) is 82.6 Å². The number of ether oxygens (including phenoxy) is 3. The van der Waals surface area contributed by atoms with Gasteiger partial charge in [-0.05, 0) is 48.5 Å². The number of rotatable bonds is 6. The molecule has 0 unspecified atom stereocenters. The molecule has 0 saturated heterocycles.